The first kappa shape index (κ1) is 13.4. The monoisotopic (exact) mass is 279 g/mol. The first-order chi connectivity index (χ1) is 9.06. The maximum Gasteiger partial charge on any atom is 0.167 e. The Hall–Kier alpha value is -2.01. The normalized spacial score (nSPS) is 10.2. The highest BCUT2D eigenvalue weighted by Crippen LogP contribution is 2.19. The maximum atomic E-state index is 13.3. The molecule has 0 unspecified atom stereocenters. The Morgan fingerprint density at radius 3 is 2.37 bits per heavy atom. The van der Waals surface area contributed by atoms with Gasteiger partial charge in [0.15, 0.2) is 11.6 Å². The van der Waals surface area contributed by atoms with Crippen molar-refractivity contribution in [1.29, 1.82) is 0 Å². The SMILES string of the molecule is NC(=S)c1ccc(COc2ccc(F)cc2F)cc1. The zero-order chi connectivity index (χ0) is 13.8. The zero-order valence-electron chi connectivity index (χ0n) is 9.90. The standard InChI is InChI=1S/C14H11F2NOS/c15-11-5-6-13(12(16)7-11)18-8-9-1-3-10(4-2-9)14(17)19/h1-7H,8H2,(H2,17,19). The third-order valence-electron chi connectivity index (χ3n) is 2.53. The van der Waals surface area contributed by atoms with Crippen LogP contribution in [0.1, 0.15) is 11.1 Å². The van der Waals surface area contributed by atoms with Crippen molar-refractivity contribution in [2.75, 3.05) is 0 Å². The van der Waals surface area contributed by atoms with Crippen LogP contribution in [0.2, 0.25) is 0 Å². The summed E-state index contributed by atoms with van der Waals surface area (Å²) in [4.78, 5) is 0.317. The Labute approximate surface area is 114 Å². The van der Waals surface area contributed by atoms with Crippen molar-refractivity contribution in [2.24, 2.45) is 5.73 Å². The molecular formula is C14H11F2NOS. The average molecular weight is 279 g/mol. The summed E-state index contributed by atoms with van der Waals surface area (Å²) >= 11 is 4.84. The molecule has 0 aliphatic carbocycles. The summed E-state index contributed by atoms with van der Waals surface area (Å²) in [6, 6.07) is 10.3. The van der Waals surface area contributed by atoms with E-state index in [4.69, 9.17) is 22.7 Å². The molecule has 19 heavy (non-hydrogen) atoms. The molecule has 2 nitrogen and oxygen atoms in total. The molecule has 2 N–H and O–H groups in total. The van der Waals surface area contributed by atoms with Crippen molar-refractivity contribution >= 4 is 17.2 Å². The first-order valence-electron chi connectivity index (χ1n) is 5.53. The van der Waals surface area contributed by atoms with Crippen LogP contribution in [-0.4, -0.2) is 4.99 Å². The minimum absolute atomic E-state index is 0.0137. The molecule has 2 aromatic carbocycles. The van der Waals surface area contributed by atoms with E-state index in [1.165, 1.54) is 6.07 Å². The van der Waals surface area contributed by atoms with Crippen LogP contribution in [0, 0.1) is 11.6 Å². The second-order valence-corrected chi connectivity index (χ2v) is 4.36. The minimum atomic E-state index is -0.722. The topological polar surface area (TPSA) is 35.2 Å². The van der Waals surface area contributed by atoms with Crippen LogP contribution >= 0.6 is 12.2 Å². The van der Waals surface area contributed by atoms with E-state index in [9.17, 15) is 8.78 Å². The van der Waals surface area contributed by atoms with Gasteiger partial charge in [-0.05, 0) is 17.7 Å². The van der Waals surface area contributed by atoms with Crippen LogP contribution in [-0.2, 0) is 6.61 Å². The van der Waals surface area contributed by atoms with Gasteiger partial charge in [0.05, 0.1) is 0 Å². The average Bonchev–Trinajstić information content (AvgIpc) is 2.38. The molecule has 0 amide bonds. The lowest BCUT2D eigenvalue weighted by atomic mass is 10.1. The Morgan fingerprint density at radius 2 is 1.79 bits per heavy atom. The van der Waals surface area contributed by atoms with Gasteiger partial charge < -0.3 is 10.5 Å². The summed E-state index contributed by atoms with van der Waals surface area (Å²) in [6.07, 6.45) is 0. The molecule has 0 bridgehead atoms. The number of hydrogen-bond donors (Lipinski definition) is 1. The summed E-state index contributed by atoms with van der Waals surface area (Å²) < 4.78 is 31.3. The molecule has 5 heteroatoms. The summed E-state index contributed by atoms with van der Waals surface area (Å²) in [7, 11) is 0. The molecule has 0 saturated heterocycles. The van der Waals surface area contributed by atoms with Crippen LogP contribution in [0.4, 0.5) is 8.78 Å². The fourth-order valence-corrected chi connectivity index (χ4v) is 1.65. The number of benzene rings is 2. The fourth-order valence-electron chi connectivity index (χ4n) is 1.52. The highest BCUT2D eigenvalue weighted by Gasteiger charge is 2.05. The maximum absolute atomic E-state index is 13.3. The predicted octanol–water partition coefficient (Wildman–Crippen LogP) is 3.18. The molecule has 98 valence electrons. The van der Waals surface area contributed by atoms with Crippen molar-refractivity contribution in [3.63, 3.8) is 0 Å². The molecule has 0 fully saturated rings. The molecular weight excluding hydrogens is 268 g/mol. The van der Waals surface area contributed by atoms with Crippen LogP contribution in [0.15, 0.2) is 42.5 Å². The Bertz CT molecular complexity index is 599. The van der Waals surface area contributed by atoms with Gasteiger partial charge in [-0.3, -0.25) is 0 Å². The lowest BCUT2D eigenvalue weighted by Crippen LogP contribution is -2.09. The van der Waals surface area contributed by atoms with Crippen LogP contribution in [0.5, 0.6) is 5.75 Å². The number of rotatable bonds is 4. The number of hydrogen-bond acceptors (Lipinski definition) is 2. The summed E-state index contributed by atoms with van der Waals surface area (Å²) in [5.74, 6) is -1.34. The van der Waals surface area contributed by atoms with Gasteiger partial charge in [0.25, 0.3) is 0 Å². The molecule has 0 atom stereocenters. The Balaban J connectivity index is 2.04. The third-order valence-corrected chi connectivity index (χ3v) is 2.76. The summed E-state index contributed by atoms with van der Waals surface area (Å²) in [5.41, 5.74) is 7.07. The second kappa shape index (κ2) is 5.75. The van der Waals surface area contributed by atoms with Gasteiger partial charge in [-0.25, -0.2) is 8.78 Å². The van der Waals surface area contributed by atoms with Crippen LogP contribution in [0.25, 0.3) is 0 Å². The van der Waals surface area contributed by atoms with Crippen molar-refractivity contribution in [1.82, 2.24) is 0 Å². The van der Waals surface area contributed by atoms with E-state index in [2.05, 4.69) is 0 Å². The van der Waals surface area contributed by atoms with Crippen molar-refractivity contribution in [3.8, 4) is 5.75 Å². The molecule has 0 heterocycles. The predicted molar refractivity (Wildman–Crippen MR) is 73.0 cm³/mol. The van der Waals surface area contributed by atoms with Crippen LogP contribution in [0.3, 0.4) is 0 Å². The summed E-state index contributed by atoms with van der Waals surface area (Å²) in [5, 5.41) is 0. The first-order valence-corrected chi connectivity index (χ1v) is 5.93. The molecule has 0 aliphatic heterocycles. The van der Waals surface area contributed by atoms with E-state index in [1.807, 2.05) is 0 Å². The molecule has 0 saturated carbocycles. The highest BCUT2D eigenvalue weighted by atomic mass is 32.1. The van der Waals surface area contributed by atoms with E-state index in [0.717, 1.165) is 23.3 Å². The number of ether oxygens (including phenoxy) is 1. The summed E-state index contributed by atoms with van der Waals surface area (Å²) in [6.45, 7) is 0.181. The molecule has 0 aromatic heterocycles. The van der Waals surface area contributed by atoms with Gasteiger partial charge in [-0.2, -0.15) is 0 Å². The number of thiocarbonyl (C=S) groups is 1. The smallest absolute Gasteiger partial charge is 0.167 e. The quantitative estimate of drug-likeness (QED) is 0.873. The van der Waals surface area contributed by atoms with Gasteiger partial charge in [-0.15, -0.1) is 0 Å². The zero-order valence-corrected chi connectivity index (χ0v) is 10.7. The van der Waals surface area contributed by atoms with Crippen molar-refractivity contribution in [3.05, 3.63) is 65.2 Å². The highest BCUT2D eigenvalue weighted by molar-refractivity contribution is 7.80. The Morgan fingerprint density at radius 1 is 1.11 bits per heavy atom. The van der Waals surface area contributed by atoms with E-state index < -0.39 is 11.6 Å². The number of nitrogens with two attached hydrogens (primary N) is 1. The molecule has 2 rings (SSSR count). The van der Waals surface area contributed by atoms with Gasteiger partial charge in [0, 0.05) is 11.6 Å². The molecule has 0 aliphatic rings. The minimum Gasteiger partial charge on any atom is -0.486 e. The van der Waals surface area contributed by atoms with Gasteiger partial charge >= 0.3 is 0 Å². The lowest BCUT2D eigenvalue weighted by molar-refractivity contribution is 0.289. The Kier molecular flexibility index (Phi) is 4.06. The largest absolute Gasteiger partial charge is 0.486 e. The van der Waals surface area contributed by atoms with Gasteiger partial charge in [0.1, 0.15) is 17.4 Å². The molecule has 0 spiro atoms. The molecule has 2 aromatic rings. The van der Waals surface area contributed by atoms with E-state index >= 15 is 0 Å². The van der Waals surface area contributed by atoms with E-state index in [-0.39, 0.29) is 12.4 Å². The van der Waals surface area contributed by atoms with Gasteiger partial charge in [0.2, 0.25) is 0 Å². The van der Waals surface area contributed by atoms with Crippen molar-refractivity contribution in [2.45, 2.75) is 6.61 Å². The fraction of sp³-hybridized carbons (Fsp3) is 0.0714. The third kappa shape index (κ3) is 3.48. The number of halogens is 2. The van der Waals surface area contributed by atoms with Crippen molar-refractivity contribution < 1.29 is 13.5 Å². The van der Waals surface area contributed by atoms with Gasteiger partial charge in [-0.1, -0.05) is 36.5 Å². The second-order valence-electron chi connectivity index (χ2n) is 3.92. The lowest BCUT2D eigenvalue weighted by Gasteiger charge is -2.08. The van der Waals surface area contributed by atoms with E-state index in [0.29, 0.717) is 4.99 Å². The van der Waals surface area contributed by atoms with Crippen LogP contribution < -0.4 is 10.5 Å². The molecule has 0 radical (unpaired) electrons. The van der Waals surface area contributed by atoms with E-state index in [1.54, 1.807) is 24.3 Å².